The maximum Gasteiger partial charge on any atom is 0.352 e. The van der Waals surface area contributed by atoms with Crippen molar-refractivity contribution in [1.82, 2.24) is 10.6 Å². The molecule has 5 aromatic rings. The van der Waals surface area contributed by atoms with Gasteiger partial charge >= 0.3 is 209 Å². The topological polar surface area (TPSA) is 85.6 Å². The fraction of sp³-hybridized carbons (Fsp3) is 0.220. The Labute approximate surface area is 301 Å². The number of hydrogen-bond acceptors (Lipinski definition) is 3. The molecule has 0 spiro atoms. The van der Waals surface area contributed by atoms with Crippen molar-refractivity contribution in [3.05, 3.63) is 157 Å². The van der Waals surface area contributed by atoms with Crippen molar-refractivity contribution >= 4 is 34.7 Å². The predicted molar refractivity (Wildman–Crippen MR) is 203 cm³/mol. The van der Waals surface area contributed by atoms with Crippen LogP contribution in [0.4, 0.5) is 4.20 Å². The molecule has 50 heavy (non-hydrogen) atoms. The molecule has 0 aromatic heterocycles. The molecule has 0 amide bonds. The quantitative estimate of drug-likeness (QED) is 0.0994. The SMILES string of the molecule is NC1=NC(c2ccc(OCCCCCCP(F)(c3ccccc3)(c3ccccc3)c3ccccc3)cc2)NC(=[NH+]CCc2ccccc2)N1.[Cl-]. The summed E-state index contributed by atoms with van der Waals surface area (Å²) in [6.45, 7) is -2.81. The molecule has 6 nitrogen and oxygen atoms in total. The molecular formula is C41H46ClFN5OP. The molecule has 1 aliphatic rings. The van der Waals surface area contributed by atoms with Gasteiger partial charge in [0.15, 0.2) is 0 Å². The van der Waals surface area contributed by atoms with E-state index < -0.39 is 6.91 Å². The van der Waals surface area contributed by atoms with Crippen LogP contribution in [0.3, 0.4) is 0 Å². The number of benzene rings is 5. The van der Waals surface area contributed by atoms with E-state index in [1.54, 1.807) is 0 Å². The van der Waals surface area contributed by atoms with Crippen LogP contribution in [-0.2, 0) is 6.42 Å². The minimum Gasteiger partial charge on any atom is -1.00 e. The number of nitrogens with one attached hydrogen (secondary N) is 3. The van der Waals surface area contributed by atoms with Gasteiger partial charge in [0.25, 0.3) is 5.96 Å². The Bertz CT molecular complexity index is 1730. The zero-order valence-corrected chi connectivity index (χ0v) is 29.9. The average Bonchev–Trinajstić information content (AvgIpc) is 3.16. The fourth-order valence-corrected chi connectivity index (χ4v) is 11.5. The second-order valence-electron chi connectivity index (χ2n) is 12.5. The molecule has 1 atom stereocenters. The molecule has 0 radical (unpaired) electrons. The van der Waals surface area contributed by atoms with Crippen LogP contribution in [0.5, 0.6) is 5.75 Å². The Balaban J connectivity index is 0.00000486. The molecule has 1 heterocycles. The molecule has 9 heteroatoms. The monoisotopic (exact) mass is 709 g/mol. The minimum absolute atomic E-state index is 0. The molecule has 0 saturated carbocycles. The van der Waals surface area contributed by atoms with Crippen molar-refractivity contribution in [2.45, 2.75) is 38.3 Å². The zero-order valence-electron chi connectivity index (χ0n) is 28.2. The van der Waals surface area contributed by atoms with Gasteiger partial charge in [0.1, 0.15) is 0 Å². The third-order valence-electron chi connectivity index (χ3n) is 9.18. The van der Waals surface area contributed by atoms with E-state index in [9.17, 15) is 0 Å². The van der Waals surface area contributed by atoms with Crippen LogP contribution in [0.2, 0.25) is 0 Å². The van der Waals surface area contributed by atoms with Crippen molar-refractivity contribution < 1.29 is 26.3 Å². The van der Waals surface area contributed by atoms with Crippen LogP contribution < -0.4 is 54.4 Å². The van der Waals surface area contributed by atoms with Crippen molar-refractivity contribution in [2.24, 2.45) is 10.7 Å². The van der Waals surface area contributed by atoms with Crippen molar-refractivity contribution in [1.29, 1.82) is 0 Å². The normalized spacial score (nSPS) is 15.8. The van der Waals surface area contributed by atoms with E-state index in [2.05, 4.69) is 32.8 Å². The van der Waals surface area contributed by atoms with Crippen LogP contribution in [0.25, 0.3) is 0 Å². The molecular weight excluding hydrogens is 664 g/mol. The molecule has 1 unspecified atom stereocenters. The Morgan fingerprint density at radius 2 is 1.20 bits per heavy atom. The third-order valence-corrected chi connectivity index (χ3v) is 14.5. The Morgan fingerprint density at radius 1 is 0.680 bits per heavy atom. The second-order valence-corrected chi connectivity index (χ2v) is 16.8. The predicted octanol–water partition coefficient (Wildman–Crippen LogP) is 2.23. The van der Waals surface area contributed by atoms with Gasteiger partial charge in [-0.2, -0.15) is 4.99 Å². The van der Waals surface area contributed by atoms with Gasteiger partial charge in [-0.1, -0.05) is 30.3 Å². The molecule has 260 valence electrons. The van der Waals surface area contributed by atoms with Gasteiger partial charge in [0.05, 0.1) is 6.54 Å². The van der Waals surface area contributed by atoms with E-state index in [-0.39, 0.29) is 18.6 Å². The van der Waals surface area contributed by atoms with Crippen LogP contribution in [0.15, 0.2) is 151 Å². The van der Waals surface area contributed by atoms with E-state index in [1.165, 1.54) is 5.56 Å². The van der Waals surface area contributed by atoms with E-state index in [4.69, 9.17) is 10.5 Å². The summed E-state index contributed by atoms with van der Waals surface area (Å²) in [4.78, 5) is 7.91. The summed E-state index contributed by atoms with van der Waals surface area (Å²) in [5.74, 6) is 1.91. The molecule has 0 saturated heterocycles. The Kier molecular flexibility index (Phi) is 12.6. The van der Waals surface area contributed by atoms with Crippen molar-refractivity contribution in [2.75, 3.05) is 19.3 Å². The number of rotatable bonds is 15. The zero-order chi connectivity index (χ0) is 33.8. The van der Waals surface area contributed by atoms with Gasteiger partial charge in [-0.05, 0) is 5.56 Å². The number of aliphatic imine (C=N–C) groups is 1. The van der Waals surface area contributed by atoms with E-state index in [0.29, 0.717) is 18.7 Å². The van der Waals surface area contributed by atoms with Gasteiger partial charge in [-0.3, -0.25) is 10.3 Å². The van der Waals surface area contributed by atoms with Crippen molar-refractivity contribution in [3.63, 3.8) is 0 Å². The summed E-state index contributed by atoms with van der Waals surface area (Å²) in [7, 11) is 0. The fourth-order valence-electron chi connectivity index (χ4n) is 6.59. The maximum absolute atomic E-state index is 18.6. The number of ether oxygens (including phenoxy) is 1. The molecule has 5 N–H and O–H groups in total. The van der Waals surface area contributed by atoms with Crippen molar-refractivity contribution in [3.8, 4) is 5.75 Å². The molecule has 0 aliphatic carbocycles. The largest absolute Gasteiger partial charge is 1.00 e. The Morgan fingerprint density at radius 3 is 1.76 bits per heavy atom. The van der Waals surface area contributed by atoms with Crippen LogP contribution in [-0.4, -0.2) is 31.2 Å². The van der Waals surface area contributed by atoms with Crippen LogP contribution in [0.1, 0.15) is 43.0 Å². The van der Waals surface area contributed by atoms with Gasteiger partial charge in [0, 0.05) is 6.42 Å². The summed E-state index contributed by atoms with van der Waals surface area (Å²) in [5.41, 5.74) is 8.35. The summed E-state index contributed by atoms with van der Waals surface area (Å²) in [5, 5.41) is 8.83. The maximum atomic E-state index is 18.6. The third kappa shape index (κ3) is 8.53. The van der Waals surface area contributed by atoms with E-state index in [0.717, 1.165) is 71.8 Å². The number of nitrogens with two attached hydrogens (primary N) is 1. The number of guanidine groups is 2. The molecule has 5 aromatic carbocycles. The van der Waals surface area contributed by atoms with Crippen LogP contribution in [0, 0.1) is 0 Å². The van der Waals surface area contributed by atoms with Gasteiger partial charge in [-0.25, -0.2) is 5.32 Å². The van der Waals surface area contributed by atoms with Gasteiger partial charge < -0.3 is 18.1 Å². The average molecular weight is 710 g/mol. The molecule has 6 rings (SSSR count). The number of hydrogen-bond donors (Lipinski definition) is 4. The summed E-state index contributed by atoms with van der Waals surface area (Å²) in [6, 6.07) is 47.8. The number of nitrogens with zero attached hydrogens (tertiary/aromatic N) is 1. The standard InChI is InChI=1S/C41H45FN5OP.ClH/c42-49(36-19-9-4-10-20-36,37-21-11-5-12-22-37,38-23-13-6-14-24-38)32-16-2-1-15-31-48-35-27-25-34(26-28-35)39-45-40(43)47-41(46-39)44-30-29-33-17-7-3-8-18-33;/h3-14,17-28,39H,1-2,15-16,29-32H2,(H4,43,44,45,46,47);1H. The smallest absolute Gasteiger partial charge is 0.352 e. The van der Waals surface area contributed by atoms with E-state index in [1.807, 2.05) is 133 Å². The first-order valence-corrected chi connectivity index (χ1v) is 19.5. The van der Waals surface area contributed by atoms with E-state index >= 15 is 4.20 Å². The number of halogens is 2. The van der Waals surface area contributed by atoms with Gasteiger partial charge in [-0.15, -0.1) is 0 Å². The summed E-state index contributed by atoms with van der Waals surface area (Å²) >= 11 is 0. The first-order valence-electron chi connectivity index (χ1n) is 17.2. The minimum atomic E-state index is -4.17. The Hall–Kier alpha value is -4.71. The second kappa shape index (κ2) is 17.3. The van der Waals surface area contributed by atoms with Crippen LogP contribution >= 0.6 is 6.91 Å². The molecule has 0 bridgehead atoms. The number of unbranched alkanes of at least 4 members (excludes halogenated alkanes) is 3. The first-order chi connectivity index (χ1) is 24.0. The molecule has 0 fully saturated rings. The van der Waals surface area contributed by atoms with Gasteiger partial charge in [0.2, 0.25) is 0 Å². The summed E-state index contributed by atoms with van der Waals surface area (Å²) < 4.78 is 24.7. The molecule has 1 aliphatic heterocycles. The first kappa shape index (κ1) is 36.6. The summed E-state index contributed by atoms with van der Waals surface area (Å²) in [6.07, 6.45) is 4.65.